The fourth-order valence-corrected chi connectivity index (χ4v) is 2.18. The Morgan fingerprint density at radius 1 is 1.33 bits per heavy atom. The van der Waals surface area contributed by atoms with Gasteiger partial charge in [0.25, 0.3) is 0 Å². The summed E-state index contributed by atoms with van der Waals surface area (Å²) in [6, 6.07) is 5.13. The molecule has 0 saturated heterocycles. The van der Waals surface area contributed by atoms with Crippen LogP contribution in [0.3, 0.4) is 0 Å². The SMILES string of the molecule is CC(C)(C)CCC(NCc1ccc2c(c1)OCO2)C(=O)O. The molecule has 1 aliphatic rings. The van der Waals surface area contributed by atoms with Gasteiger partial charge in [-0.05, 0) is 36.0 Å². The third-order valence-corrected chi connectivity index (χ3v) is 3.47. The molecule has 1 aromatic rings. The summed E-state index contributed by atoms with van der Waals surface area (Å²) in [4.78, 5) is 11.3. The van der Waals surface area contributed by atoms with Crippen LogP contribution in [-0.2, 0) is 11.3 Å². The van der Waals surface area contributed by atoms with Crippen molar-refractivity contribution in [2.75, 3.05) is 6.79 Å². The number of nitrogens with one attached hydrogen (secondary N) is 1. The van der Waals surface area contributed by atoms with E-state index in [-0.39, 0.29) is 12.2 Å². The lowest BCUT2D eigenvalue weighted by Gasteiger charge is -2.21. The molecule has 1 aromatic carbocycles. The van der Waals surface area contributed by atoms with Crippen LogP contribution >= 0.6 is 0 Å². The van der Waals surface area contributed by atoms with Crippen LogP contribution in [0, 0.1) is 5.41 Å². The van der Waals surface area contributed by atoms with Gasteiger partial charge in [-0.2, -0.15) is 0 Å². The Hall–Kier alpha value is -1.75. The van der Waals surface area contributed by atoms with Crippen molar-refractivity contribution in [2.45, 2.75) is 46.2 Å². The molecule has 0 fully saturated rings. The summed E-state index contributed by atoms with van der Waals surface area (Å²) in [6.07, 6.45) is 1.47. The first-order chi connectivity index (χ1) is 9.85. The zero-order chi connectivity index (χ0) is 15.5. The predicted molar refractivity (Wildman–Crippen MR) is 79.5 cm³/mol. The lowest BCUT2D eigenvalue weighted by molar-refractivity contribution is -0.139. The summed E-state index contributed by atoms with van der Waals surface area (Å²) >= 11 is 0. The van der Waals surface area contributed by atoms with E-state index in [4.69, 9.17) is 9.47 Å². The van der Waals surface area contributed by atoms with Gasteiger partial charge < -0.3 is 19.9 Å². The molecule has 0 aliphatic carbocycles. The third kappa shape index (κ3) is 4.63. The van der Waals surface area contributed by atoms with E-state index in [1.165, 1.54) is 0 Å². The van der Waals surface area contributed by atoms with Crippen molar-refractivity contribution in [2.24, 2.45) is 5.41 Å². The minimum absolute atomic E-state index is 0.133. The van der Waals surface area contributed by atoms with Crippen molar-refractivity contribution in [3.8, 4) is 11.5 Å². The van der Waals surface area contributed by atoms with Gasteiger partial charge in [-0.1, -0.05) is 26.8 Å². The van der Waals surface area contributed by atoms with Crippen LogP contribution in [0.4, 0.5) is 0 Å². The van der Waals surface area contributed by atoms with Crippen molar-refractivity contribution in [1.29, 1.82) is 0 Å². The van der Waals surface area contributed by atoms with E-state index < -0.39 is 12.0 Å². The molecule has 0 bridgehead atoms. The summed E-state index contributed by atoms with van der Waals surface area (Å²) in [7, 11) is 0. The van der Waals surface area contributed by atoms with E-state index in [1.807, 2.05) is 18.2 Å². The second-order valence-corrected chi connectivity index (χ2v) is 6.56. The van der Waals surface area contributed by atoms with Gasteiger partial charge in [-0.25, -0.2) is 0 Å². The fraction of sp³-hybridized carbons (Fsp3) is 0.562. The van der Waals surface area contributed by atoms with E-state index in [1.54, 1.807) is 0 Å². The van der Waals surface area contributed by atoms with Crippen molar-refractivity contribution in [3.63, 3.8) is 0 Å². The van der Waals surface area contributed by atoms with Gasteiger partial charge in [0.1, 0.15) is 6.04 Å². The molecule has 0 spiro atoms. The standard InChI is InChI=1S/C16H23NO4/c1-16(2,3)7-6-12(15(18)19)17-9-11-4-5-13-14(8-11)21-10-20-13/h4-5,8,12,17H,6-7,9-10H2,1-3H3,(H,18,19). The molecule has 1 heterocycles. The Bertz CT molecular complexity index is 507. The van der Waals surface area contributed by atoms with Crippen LogP contribution in [0.5, 0.6) is 11.5 Å². The zero-order valence-corrected chi connectivity index (χ0v) is 12.8. The Morgan fingerprint density at radius 2 is 2.05 bits per heavy atom. The number of carbonyl (C=O) groups is 1. The van der Waals surface area contributed by atoms with E-state index in [0.29, 0.717) is 13.0 Å². The van der Waals surface area contributed by atoms with Gasteiger partial charge in [-0.15, -0.1) is 0 Å². The Kier molecular flexibility index (Phi) is 4.73. The average Bonchev–Trinajstić information content (AvgIpc) is 2.84. The molecule has 5 nitrogen and oxygen atoms in total. The van der Waals surface area contributed by atoms with Crippen molar-refractivity contribution < 1.29 is 19.4 Å². The van der Waals surface area contributed by atoms with Gasteiger partial charge in [0, 0.05) is 6.54 Å². The quantitative estimate of drug-likeness (QED) is 0.844. The lowest BCUT2D eigenvalue weighted by Crippen LogP contribution is -2.37. The number of rotatable bonds is 6. The minimum atomic E-state index is -0.806. The first-order valence-corrected chi connectivity index (χ1v) is 7.20. The third-order valence-electron chi connectivity index (χ3n) is 3.47. The van der Waals surface area contributed by atoms with E-state index in [9.17, 15) is 9.90 Å². The van der Waals surface area contributed by atoms with Crippen molar-refractivity contribution in [3.05, 3.63) is 23.8 Å². The number of aliphatic carboxylic acids is 1. The van der Waals surface area contributed by atoms with Gasteiger partial charge >= 0.3 is 5.97 Å². The minimum Gasteiger partial charge on any atom is -0.480 e. The Labute approximate surface area is 125 Å². The number of hydrogen-bond donors (Lipinski definition) is 2. The zero-order valence-electron chi connectivity index (χ0n) is 12.8. The number of fused-ring (bicyclic) bond motifs is 1. The molecule has 1 atom stereocenters. The normalized spacial score (nSPS) is 15.0. The number of ether oxygens (including phenoxy) is 2. The molecular formula is C16H23NO4. The van der Waals surface area contributed by atoms with Gasteiger partial charge in [0.15, 0.2) is 11.5 Å². The smallest absolute Gasteiger partial charge is 0.320 e. The molecule has 0 saturated carbocycles. The van der Waals surface area contributed by atoms with Gasteiger partial charge in [0.2, 0.25) is 6.79 Å². The van der Waals surface area contributed by atoms with Crippen LogP contribution in [0.25, 0.3) is 0 Å². The molecule has 2 N–H and O–H groups in total. The van der Waals surface area contributed by atoms with Gasteiger partial charge in [0.05, 0.1) is 0 Å². The molecule has 116 valence electrons. The maximum absolute atomic E-state index is 11.3. The first kappa shape index (κ1) is 15.6. The average molecular weight is 293 g/mol. The summed E-state index contributed by atoms with van der Waals surface area (Å²) in [5.74, 6) is 0.650. The Balaban J connectivity index is 1.91. The second-order valence-electron chi connectivity index (χ2n) is 6.56. The van der Waals surface area contributed by atoms with E-state index >= 15 is 0 Å². The number of carboxylic acids is 1. The molecule has 1 unspecified atom stereocenters. The van der Waals surface area contributed by atoms with Crippen molar-refractivity contribution >= 4 is 5.97 Å². The maximum atomic E-state index is 11.3. The largest absolute Gasteiger partial charge is 0.480 e. The lowest BCUT2D eigenvalue weighted by atomic mass is 9.88. The highest BCUT2D eigenvalue weighted by Gasteiger charge is 2.21. The highest BCUT2D eigenvalue weighted by atomic mass is 16.7. The number of benzene rings is 1. The molecule has 0 aromatic heterocycles. The van der Waals surface area contributed by atoms with Crippen LogP contribution < -0.4 is 14.8 Å². The number of hydrogen-bond acceptors (Lipinski definition) is 4. The second kappa shape index (κ2) is 6.35. The Morgan fingerprint density at radius 3 is 2.71 bits per heavy atom. The summed E-state index contributed by atoms with van der Waals surface area (Å²) in [5.41, 5.74) is 1.12. The van der Waals surface area contributed by atoms with Crippen LogP contribution in [0.1, 0.15) is 39.2 Å². The molecule has 21 heavy (non-hydrogen) atoms. The van der Waals surface area contributed by atoms with E-state index in [2.05, 4.69) is 26.1 Å². The van der Waals surface area contributed by atoms with Crippen LogP contribution in [-0.4, -0.2) is 23.9 Å². The molecule has 0 radical (unpaired) electrons. The predicted octanol–water partition coefficient (Wildman–Crippen LogP) is 2.78. The monoisotopic (exact) mass is 293 g/mol. The molecule has 0 amide bonds. The van der Waals surface area contributed by atoms with Crippen LogP contribution in [0.2, 0.25) is 0 Å². The highest BCUT2D eigenvalue weighted by Crippen LogP contribution is 2.32. The van der Waals surface area contributed by atoms with Crippen molar-refractivity contribution in [1.82, 2.24) is 5.32 Å². The number of carboxylic acid groups (broad SMARTS) is 1. The molecule has 1 aliphatic heterocycles. The van der Waals surface area contributed by atoms with Crippen LogP contribution in [0.15, 0.2) is 18.2 Å². The topological polar surface area (TPSA) is 67.8 Å². The maximum Gasteiger partial charge on any atom is 0.320 e. The molecule has 2 rings (SSSR count). The molecular weight excluding hydrogens is 270 g/mol. The summed E-state index contributed by atoms with van der Waals surface area (Å²) < 4.78 is 10.6. The summed E-state index contributed by atoms with van der Waals surface area (Å²) in [5, 5.41) is 12.4. The molecule has 5 heteroatoms. The fourth-order valence-electron chi connectivity index (χ4n) is 2.18. The summed E-state index contributed by atoms with van der Waals surface area (Å²) in [6.45, 7) is 7.09. The highest BCUT2D eigenvalue weighted by molar-refractivity contribution is 5.73. The first-order valence-electron chi connectivity index (χ1n) is 7.20. The van der Waals surface area contributed by atoms with Gasteiger partial charge in [-0.3, -0.25) is 4.79 Å². The van der Waals surface area contributed by atoms with E-state index in [0.717, 1.165) is 23.5 Å².